The molecule has 160 valence electrons. The summed E-state index contributed by atoms with van der Waals surface area (Å²) in [5.74, 6) is -1.15. The number of hydrogen-bond acceptors (Lipinski definition) is 2. The number of carboxylic acids is 1. The number of carbonyl (C=O) groups is 2. The highest BCUT2D eigenvalue weighted by Gasteiger charge is 2.29. The topological polar surface area (TPSA) is 54.4 Å². The SMILES string of the molecule is Cc1ccc(C2=CCC(C)(C)c3cc(C(=O)/C=C/c4ccccc4C(=O)O)ccc32)cc1. The maximum Gasteiger partial charge on any atom is 0.336 e. The molecule has 0 aromatic heterocycles. The van der Waals surface area contributed by atoms with Crippen molar-refractivity contribution in [2.75, 3.05) is 0 Å². The van der Waals surface area contributed by atoms with Crippen molar-refractivity contribution >= 4 is 23.4 Å². The average molecular weight is 423 g/mol. The van der Waals surface area contributed by atoms with Crippen LogP contribution in [0.5, 0.6) is 0 Å². The summed E-state index contributed by atoms with van der Waals surface area (Å²) in [6.45, 7) is 6.47. The van der Waals surface area contributed by atoms with Crippen LogP contribution in [0.1, 0.15) is 68.8 Å². The van der Waals surface area contributed by atoms with Crippen LogP contribution in [0.25, 0.3) is 11.6 Å². The molecule has 1 N–H and O–H groups in total. The van der Waals surface area contributed by atoms with Gasteiger partial charge in [0, 0.05) is 5.56 Å². The minimum absolute atomic E-state index is 0.0839. The fourth-order valence-corrected chi connectivity index (χ4v) is 4.17. The highest BCUT2D eigenvalue weighted by atomic mass is 16.4. The summed E-state index contributed by atoms with van der Waals surface area (Å²) in [6.07, 6.45) is 6.21. The summed E-state index contributed by atoms with van der Waals surface area (Å²) in [7, 11) is 0. The van der Waals surface area contributed by atoms with Crippen LogP contribution in [-0.4, -0.2) is 16.9 Å². The summed E-state index contributed by atoms with van der Waals surface area (Å²) in [5, 5.41) is 9.35. The number of carbonyl (C=O) groups excluding carboxylic acids is 1. The molecule has 0 radical (unpaired) electrons. The van der Waals surface area contributed by atoms with Crippen molar-refractivity contribution in [2.24, 2.45) is 0 Å². The van der Waals surface area contributed by atoms with Crippen LogP contribution in [0.2, 0.25) is 0 Å². The summed E-state index contributed by atoms with van der Waals surface area (Å²) in [4.78, 5) is 24.3. The van der Waals surface area contributed by atoms with Gasteiger partial charge in [0.05, 0.1) is 5.56 Å². The Hall–Kier alpha value is -3.72. The van der Waals surface area contributed by atoms with Crippen LogP contribution in [0.15, 0.2) is 78.9 Å². The number of carboxylic acid groups (broad SMARTS) is 1. The molecule has 0 aliphatic heterocycles. The number of allylic oxidation sites excluding steroid dienone is 2. The lowest BCUT2D eigenvalue weighted by atomic mass is 9.71. The van der Waals surface area contributed by atoms with Gasteiger partial charge in [-0.1, -0.05) is 86.2 Å². The third kappa shape index (κ3) is 4.19. The van der Waals surface area contributed by atoms with Gasteiger partial charge in [-0.25, -0.2) is 4.79 Å². The molecule has 0 fully saturated rings. The zero-order chi connectivity index (χ0) is 22.9. The maximum absolute atomic E-state index is 12.9. The van der Waals surface area contributed by atoms with Gasteiger partial charge in [0.2, 0.25) is 0 Å². The number of aromatic carboxylic acids is 1. The van der Waals surface area contributed by atoms with Crippen LogP contribution < -0.4 is 0 Å². The third-order valence-electron chi connectivity index (χ3n) is 6.11. The monoisotopic (exact) mass is 422 g/mol. The fourth-order valence-electron chi connectivity index (χ4n) is 4.17. The lowest BCUT2D eigenvalue weighted by Gasteiger charge is -2.32. The molecule has 0 unspecified atom stereocenters. The summed E-state index contributed by atoms with van der Waals surface area (Å²) in [5.41, 5.74) is 7.11. The molecule has 3 nitrogen and oxygen atoms in total. The molecule has 1 aliphatic rings. The van der Waals surface area contributed by atoms with Gasteiger partial charge >= 0.3 is 5.97 Å². The Balaban J connectivity index is 1.68. The second-order valence-corrected chi connectivity index (χ2v) is 8.92. The molecule has 1 aliphatic carbocycles. The highest BCUT2D eigenvalue weighted by molar-refractivity contribution is 6.08. The van der Waals surface area contributed by atoms with Gasteiger partial charge in [-0.2, -0.15) is 0 Å². The first-order valence-electron chi connectivity index (χ1n) is 10.7. The van der Waals surface area contributed by atoms with E-state index in [4.69, 9.17) is 0 Å². The molecular weight excluding hydrogens is 396 g/mol. The Morgan fingerprint density at radius 3 is 2.41 bits per heavy atom. The van der Waals surface area contributed by atoms with Gasteiger partial charge in [-0.05, 0) is 64.8 Å². The first-order valence-corrected chi connectivity index (χ1v) is 10.7. The molecule has 0 bridgehead atoms. The molecule has 0 saturated carbocycles. The lowest BCUT2D eigenvalue weighted by molar-refractivity contribution is 0.0696. The van der Waals surface area contributed by atoms with Crippen molar-refractivity contribution in [1.29, 1.82) is 0 Å². The Bertz CT molecular complexity index is 1260. The Labute approximate surface area is 188 Å². The first kappa shape index (κ1) is 21.5. The number of hydrogen-bond donors (Lipinski definition) is 1. The minimum atomic E-state index is -1.01. The van der Waals surface area contributed by atoms with E-state index in [1.165, 1.54) is 28.8 Å². The van der Waals surface area contributed by atoms with E-state index in [9.17, 15) is 14.7 Å². The molecule has 3 aromatic rings. The summed E-state index contributed by atoms with van der Waals surface area (Å²) < 4.78 is 0. The zero-order valence-corrected chi connectivity index (χ0v) is 18.6. The second-order valence-electron chi connectivity index (χ2n) is 8.92. The fraction of sp³-hybridized carbons (Fsp3) is 0.172. The molecule has 0 spiro atoms. The lowest BCUT2D eigenvalue weighted by Crippen LogP contribution is -2.22. The normalized spacial score (nSPS) is 14.7. The van der Waals surface area contributed by atoms with Gasteiger partial charge in [-0.3, -0.25) is 4.79 Å². The van der Waals surface area contributed by atoms with Gasteiger partial charge in [0.1, 0.15) is 0 Å². The predicted molar refractivity (Wildman–Crippen MR) is 129 cm³/mol. The predicted octanol–water partition coefficient (Wildman–Crippen LogP) is 6.70. The number of aryl methyl sites for hydroxylation is 1. The zero-order valence-electron chi connectivity index (χ0n) is 18.6. The van der Waals surface area contributed by atoms with E-state index < -0.39 is 5.97 Å². The van der Waals surface area contributed by atoms with Crippen LogP contribution in [0.3, 0.4) is 0 Å². The van der Waals surface area contributed by atoms with Crippen LogP contribution in [0.4, 0.5) is 0 Å². The third-order valence-corrected chi connectivity index (χ3v) is 6.11. The quantitative estimate of drug-likeness (QED) is 0.367. The van der Waals surface area contributed by atoms with Crippen LogP contribution >= 0.6 is 0 Å². The number of rotatable bonds is 5. The first-order chi connectivity index (χ1) is 15.3. The number of ketones is 1. The second kappa shape index (κ2) is 8.43. The highest BCUT2D eigenvalue weighted by Crippen LogP contribution is 2.41. The molecule has 0 saturated heterocycles. The van der Waals surface area contributed by atoms with Crippen molar-refractivity contribution in [2.45, 2.75) is 32.6 Å². The molecule has 0 atom stereocenters. The summed E-state index contributed by atoms with van der Waals surface area (Å²) >= 11 is 0. The van der Waals surface area contributed by atoms with Crippen LogP contribution in [-0.2, 0) is 5.41 Å². The van der Waals surface area contributed by atoms with Gasteiger partial charge in [0.15, 0.2) is 5.78 Å². The van der Waals surface area contributed by atoms with Gasteiger partial charge in [0.25, 0.3) is 0 Å². The van der Waals surface area contributed by atoms with Gasteiger partial charge in [-0.15, -0.1) is 0 Å². The van der Waals surface area contributed by atoms with Crippen molar-refractivity contribution in [3.05, 3.63) is 118 Å². The van der Waals surface area contributed by atoms with Crippen molar-refractivity contribution in [3.8, 4) is 0 Å². The van der Waals surface area contributed by atoms with E-state index in [0.29, 0.717) is 11.1 Å². The van der Waals surface area contributed by atoms with Crippen molar-refractivity contribution < 1.29 is 14.7 Å². The molecule has 4 rings (SSSR count). The summed E-state index contributed by atoms with van der Waals surface area (Å²) in [6, 6.07) is 21.1. The van der Waals surface area contributed by atoms with Crippen molar-refractivity contribution in [1.82, 2.24) is 0 Å². The molecule has 3 aromatic carbocycles. The Kier molecular flexibility index (Phi) is 5.67. The largest absolute Gasteiger partial charge is 0.478 e. The van der Waals surface area contributed by atoms with Crippen molar-refractivity contribution in [3.63, 3.8) is 0 Å². The Morgan fingerprint density at radius 2 is 1.69 bits per heavy atom. The molecule has 0 heterocycles. The van der Waals surface area contributed by atoms with E-state index >= 15 is 0 Å². The van der Waals surface area contributed by atoms with Gasteiger partial charge < -0.3 is 5.11 Å². The molecular formula is C29H26O3. The standard InChI is InChI=1S/C29H26O3/c1-19-8-10-21(11-9-19)23-16-17-29(2,3)26-18-22(12-14-25(23)26)27(30)15-13-20-6-4-5-7-24(20)28(31)32/h4-16,18H,17H2,1-3H3,(H,31,32)/b15-13+. The smallest absolute Gasteiger partial charge is 0.336 e. The number of fused-ring (bicyclic) bond motifs is 1. The van der Waals surface area contributed by atoms with Crippen LogP contribution in [0, 0.1) is 6.92 Å². The molecule has 3 heteroatoms. The van der Waals surface area contributed by atoms with E-state index in [1.807, 2.05) is 18.2 Å². The minimum Gasteiger partial charge on any atom is -0.478 e. The molecule has 32 heavy (non-hydrogen) atoms. The van der Waals surface area contributed by atoms with E-state index in [-0.39, 0.29) is 16.8 Å². The molecule has 0 amide bonds. The average Bonchev–Trinajstić information content (AvgIpc) is 2.78. The Morgan fingerprint density at radius 1 is 0.969 bits per heavy atom. The number of benzene rings is 3. The van der Waals surface area contributed by atoms with E-state index in [2.05, 4.69) is 51.1 Å². The van der Waals surface area contributed by atoms with E-state index in [1.54, 1.807) is 24.3 Å². The maximum atomic E-state index is 12.9. The van der Waals surface area contributed by atoms with E-state index in [0.717, 1.165) is 17.5 Å².